The Kier molecular flexibility index (Phi) is 3.71. The Bertz CT molecular complexity index is 766. The van der Waals surface area contributed by atoms with Gasteiger partial charge in [-0.25, -0.2) is 4.79 Å². The molecule has 4 rings (SSSR count). The van der Waals surface area contributed by atoms with E-state index < -0.39 is 0 Å². The number of rotatable bonds is 2. The summed E-state index contributed by atoms with van der Waals surface area (Å²) >= 11 is 0. The van der Waals surface area contributed by atoms with Crippen LogP contribution in [0.4, 0.5) is 0 Å². The van der Waals surface area contributed by atoms with Crippen LogP contribution < -0.4 is 5.63 Å². The Morgan fingerprint density at radius 1 is 1.13 bits per heavy atom. The molecule has 2 fully saturated rings. The summed E-state index contributed by atoms with van der Waals surface area (Å²) in [5, 5.41) is 1.03. The van der Waals surface area contributed by atoms with E-state index in [2.05, 4.69) is 11.0 Å². The monoisotopic (exact) mass is 315 g/mol. The molecular weight excluding hydrogens is 294 g/mol. The molecule has 1 aromatic heterocycles. The number of fused-ring (bicyclic) bond motifs is 1. The Hall–Kier alpha value is -1.69. The van der Waals surface area contributed by atoms with E-state index in [-0.39, 0.29) is 11.4 Å². The number of hydrogen-bond donors (Lipinski definition) is 0. The van der Waals surface area contributed by atoms with Crippen molar-refractivity contribution >= 4 is 11.0 Å². The maximum atomic E-state index is 11.8. The molecule has 0 saturated carbocycles. The molecule has 1 spiro atoms. The number of hydrogen-bond acceptors (Lipinski definition) is 5. The van der Waals surface area contributed by atoms with Gasteiger partial charge in [-0.2, -0.15) is 0 Å². The van der Waals surface area contributed by atoms with Gasteiger partial charge in [0.05, 0.1) is 13.2 Å². The van der Waals surface area contributed by atoms with E-state index in [1.807, 2.05) is 19.1 Å². The second-order valence-electron chi connectivity index (χ2n) is 6.47. The highest BCUT2D eigenvalue weighted by Crippen LogP contribution is 2.32. The third kappa shape index (κ3) is 2.92. The normalized spacial score (nSPS) is 21.3. The predicted molar refractivity (Wildman–Crippen MR) is 86.4 cm³/mol. The van der Waals surface area contributed by atoms with Crippen LogP contribution in [0.3, 0.4) is 0 Å². The molecular formula is C18H21NO4. The summed E-state index contributed by atoms with van der Waals surface area (Å²) in [7, 11) is 0. The molecule has 0 aliphatic carbocycles. The quantitative estimate of drug-likeness (QED) is 0.797. The van der Waals surface area contributed by atoms with Gasteiger partial charge in [-0.05, 0) is 24.6 Å². The lowest BCUT2D eigenvalue weighted by molar-refractivity contribution is -0.185. The van der Waals surface area contributed by atoms with E-state index in [1.165, 1.54) is 0 Å². The fourth-order valence-corrected chi connectivity index (χ4v) is 3.55. The van der Waals surface area contributed by atoms with E-state index in [4.69, 9.17) is 13.9 Å². The van der Waals surface area contributed by atoms with E-state index in [9.17, 15) is 4.79 Å². The molecule has 0 radical (unpaired) electrons. The maximum absolute atomic E-state index is 11.8. The molecule has 2 aromatic rings. The van der Waals surface area contributed by atoms with Gasteiger partial charge in [0.2, 0.25) is 0 Å². The minimum atomic E-state index is -0.356. The molecule has 5 heteroatoms. The molecule has 0 unspecified atom stereocenters. The van der Waals surface area contributed by atoms with Crippen LogP contribution in [0, 0.1) is 6.92 Å². The molecule has 0 amide bonds. The topological polar surface area (TPSA) is 51.9 Å². The van der Waals surface area contributed by atoms with Crippen molar-refractivity contribution in [3.8, 4) is 0 Å². The smallest absolute Gasteiger partial charge is 0.336 e. The molecule has 122 valence electrons. The lowest BCUT2D eigenvalue weighted by atomic mass is 10.0. The van der Waals surface area contributed by atoms with E-state index in [0.29, 0.717) is 18.8 Å². The lowest BCUT2D eigenvalue weighted by Crippen LogP contribution is -2.44. The zero-order valence-electron chi connectivity index (χ0n) is 13.3. The molecule has 5 nitrogen and oxygen atoms in total. The van der Waals surface area contributed by atoms with Crippen molar-refractivity contribution in [2.45, 2.75) is 32.1 Å². The Labute approximate surface area is 134 Å². The molecule has 0 atom stereocenters. The first-order chi connectivity index (χ1) is 11.1. The molecule has 1 aromatic carbocycles. The number of likely N-dealkylation sites (tertiary alicyclic amines) is 1. The Balaban J connectivity index is 1.56. The van der Waals surface area contributed by atoms with Gasteiger partial charge >= 0.3 is 5.63 Å². The van der Waals surface area contributed by atoms with Crippen molar-refractivity contribution < 1.29 is 13.9 Å². The molecule has 2 saturated heterocycles. The molecule has 0 bridgehead atoms. The van der Waals surface area contributed by atoms with Crippen molar-refractivity contribution in [1.82, 2.24) is 4.90 Å². The van der Waals surface area contributed by atoms with Crippen LogP contribution in [0.25, 0.3) is 11.0 Å². The molecule has 23 heavy (non-hydrogen) atoms. The van der Waals surface area contributed by atoms with Crippen LogP contribution in [0.1, 0.15) is 24.0 Å². The fourth-order valence-electron chi connectivity index (χ4n) is 3.55. The van der Waals surface area contributed by atoms with Crippen LogP contribution in [0.2, 0.25) is 0 Å². The van der Waals surface area contributed by atoms with Gasteiger partial charge in [0.1, 0.15) is 5.58 Å². The number of ether oxygens (including phenoxy) is 2. The third-order valence-corrected chi connectivity index (χ3v) is 4.81. The first-order valence-corrected chi connectivity index (χ1v) is 8.17. The second-order valence-corrected chi connectivity index (χ2v) is 6.47. The first kappa shape index (κ1) is 14.9. The van der Waals surface area contributed by atoms with Crippen LogP contribution in [-0.2, 0) is 16.0 Å². The summed E-state index contributed by atoms with van der Waals surface area (Å²) < 4.78 is 16.9. The van der Waals surface area contributed by atoms with Crippen LogP contribution in [-0.4, -0.2) is 37.0 Å². The molecule has 3 heterocycles. The van der Waals surface area contributed by atoms with Gasteiger partial charge in [0.25, 0.3) is 0 Å². The number of nitrogens with zero attached hydrogens (tertiary/aromatic N) is 1. The van der Waals surface area contributed by atoms with Gasteiger partial charge in [-0.3, -0.25) is 4.90 Å². The average molecular weight is 315 g/mol. The summed E-state index contributed by atoms with van der Waals surface area (Å²) in [4.78, 5) is 14.2. The summed E-state index contributed by atoms with van der Waals surface area (Å²) in [6.45, 7) is 6.02. The summed E-state index contributed by atoms with van der Waals surface area (Å²) in [5.74, 6) is -0.356. The minimum absolute atomic E-state index is 0.285. The molecule has 2 aliphatic rings. The van der Waals surface area contributed by atoms with Crippen LogP contribution >= 0.6 is 0 Å². The predicted octanol–water partition coefficient (Wildman–Crippen LogP) is 2.44. The van der Waals surface area contributed by atoms with Crippen molar-refractivity contribution in [1.29, 1.82) is 0 Å². The Morgan fingerprint density at radius 2 is 1.87 bits per heavy atom. The number of piperidine rings is 1. The summed E-state index contributed by atoms with van der Waals surface area (Å²) in [5.41, 5.74) is 2.57. The maximum Gasteiger partial charge on any atom is 0.336 e. The standard InChI is InChI=1S/C18H21NO4/c1-13-2-3-16-15(10-13)14(11-17(20)23-16)12-19-6-4-18(5-7-19)21-8-9-22-18/h2-3,10-11H,4-9,12H2,1H3. The SMILES string of the molecule is Cc1ccc2oc(=O)cc(CN3CCC4(CC3)OCCO4)c2c1. The zero-order valence-corrected chi connectivity index (χ0v) is 13.3. The highest BCUT2D eigenvalue weighted by molar-refractivity contribution is 5.80. The fraction of sp³-hybridized carbons (Fsp3) is 0.500. The van der Waals surface area contributed by atoms with Gasteiger partial charge < -0.3 is 13.9 Å². The highest BCUT2D eigenvalue weighted by Gasteiger charge is 2.39. The van der Waals surface area contributed by atoms with Crippen LogP contribution in [0.15, 0.2) is 33.5 Å². The lowest BCUT2D eigenvalue weighted by Gasteiger charge is -2.37. The van der Waals surface area contributed by atoms with Gasteiger partial charge in [-0.1, -0.05) is 11.6 Å². The van der Waals surface area contributed by atoms with Crippen LogP contribution in [0.5, 0.6) is 0 Å². The largest absolute Gasteiger partial charge is 0.423 e. The van der Waals surface area contributed by atoms with Crippen molar-refractivity contribution in [2.24, 2.45) is 0 Å². The molecule has 0 N–H and O–H groups in total. The van der Waals surface area contributed by atoms with E-state index >= 15 is 0 Å². The zero-order chi connectivity index (χ0) is 15.9. The minimum Gasteiger partial charge on any atom is -0.423 e. The highest BCUT2D eigenvalue weighted by atomic mass is 16.7. The Morgan fingerprint density at radius 3 is 2.61 bits per heavy atom. The number of aryl methyl sites for hydroxylation is 1. The van der Waals surface area contributed by atoms with Crippen molar-refractivity contribution in [3.05, 3.63) is 45.8 Å². The third-order valence-electron chi connectivity index (χ3n) is 4.81. The van der Waals surface area contributed by atoms with Crippen molar-refractivity contribution in [3.63, 3.8) is 0 Å². The van der Waals surface area contributed by atoms with E-state index in [0.717, 1.165) is 49.0 Å². The van der Waals surface area contributed by atoms with E-state index in [1.54, 1.807) is 6.07 Å². The van der Waals surface area contributed by atoms with Gasteiger partial charge in [0, 0.05) is 43.9 Å². The summed E-state index contributed by atoms with van der Waals surface area (Å²) in [6.07, 6.45) is 1.76. The van der Waals surface area contributed by atoms with Crippen molar-refractivity contribution in [2.75, 3.05) is 26.3 Å². The first-order valence-electron chi connectivity index (χ1n) is 8.17. The molecule has 2 aliphatic heterocycles. The van der Waals surface area contributed by atoms with Gasteiger partial charge in [-0.15, -0.1) is 0 Å². The van der Waals surface area contributed by atoms with Gasteiger partial charge in [0.15, 0.2) is 5.79 Å². The summed E-state index contributed by atoms with van der Waals surface area (Å²) in [6, 6.07) is 7.55. The second kappa shape index (κ2) is 5.74. The number of benzene rings is 1. The average Bonchev–Trinajstić information content (AvgIpc) is 2.99.